The third-order valence-electron chi connectivity index (χ3n) is 3.16. The van der Waals surface area contributed by atoms with Crippen LogP contribution in [0.3, 0.4) is 0 Å². The minimum Gasteiger partial charge on any atom is -0.248 e. The Labute approximate surface area is 132 Å². The summed E-state index contributed by atoms with van der Waals surface area (Å²) in [6.45, 7) is 0. The second-order valence-electron chi connectivity index (χ2n) is 4.57. The van der Waals surface area contributed by atoms with Gasteiger partial charge in [0, 0.05) is 5.39 Å². The third kappa shape index (κ3) is 2.93. The lowest BCUT2D eigenvalue weighted by Crippen LogP contribution is -2.20. The Morgan fingerprint density at radius 1 is 0.913 bits per heavy atom. The fourth-order valence-corrected chi connectivity index (χ4v) is 3.75. The fourth-order valence-electron chi connectivity index (χ4n) is 2.31. The minimum atomic E-state index is -3.92. The van der Waals surface area contributed by atoms with Crippen LogP contribution in [0.15, 0.2) is 54.6 Å². The summed E-state index contributed by atoms with van der Waals surface area (Å²) in [5, 5.41) is 5.11. The van der Waals surface area contributed by atoms with Gasteiger partial charge in [0.15, 0.2) is 5.44 Å². The highest BCUT2D eigenvalue weighted by molar-refractivity contribution is 7.62. The number of aromatic nitrogens is 2. The Balaban J connectivity index is 2.31. The topological polar surface area (TPSA) is 71.8 Å². The first-order valence-electron chi connectivity index (χ1n) is 6.78. The lowest BCUT2D eigenvalue weighted by molar-refractivity contribution is -0.239. The molecule has 0 atom stereocenters. The van der Waals surface area contributed by atoms with Crippen molar-refractivity contribution in [3.05, 3.63) is 54.6 Å². The molecular formula is C15H15N2O5P. The van der Waals surface area contributed by atoms with Crippen molar-refractivity contribution in [3.63, 3.8) is 0 Å². The molecule has 0 aliphatic carbocycles. The van der Waals surface area contributed by atoms with Gasteiger partial charge in [-0.15, -0.1) is 9.35 Å². The summed E-state index contributed by atoms with van der Waals surface area (Å²) in [7, 11) is -1.42. The van der Waals surface area contributed by atoms with Gasteiger partial charge in [-0.2, -0.15) is 5.10 Å². The van der Waals surface area contributed by atoms with Gasteiger partial charge in [-0.05, 0) is 18.2 Å². The number of benzene rings is 2. The molecule has 0 bridgehead atoms. The van der Waals surface area contributed by atoms with Crippen molar-refractivity contribution < 1.29 is 23.7 Å². The van der Waals surface area contributed by atoms with E-state index in [-0.39, 0.29) is 5.44 Å². The maximum Gasteiger partial charge on any atom is 0.433 e. The average molecular weight is 334 g/mol. The van der Waals surface area contributed by atoms with Crippen molar-refractivity contribution in [1.29, 1.82) is 0 Å². The zero-order chi connectivity index (χ0) is 16.3. The van der Waals surface area contributed by atoms with Crippen LogP contribution in [-0.2, 0) is 23.7 Å². The highest BCUT2D eigenvalue weighted by Crippen LogP contribution is 2.49. The summed E-state index contributed by atoms with van der Waals surface area (Å²) in [5.41, 5.74) is 1.58. The van der Waals surface area contributed by atoms with Gasteiger partial charge < -0.3 is 0 Å². The standard InChI is InChI=1S/C15H15N2O5P/c1-19-21-23(18,22-20-2)15-13-10-6-7-11-14(13)16-17(15)12-8-4-3-5-9-12/h3-11H,1-2H3. The van der Waals surface area contributed by atoms with Gasteiger partial charge in [-0.3, -0.25) is 0 Å². The van der Waals surface area contributed by atoms with E-state index < -0.39 is 7.60 Å². The number of rotatable bonds is 6. The quantitative estimate of drug-likeness (QED) is 0.392. The molecule has 23 heavy (non-hydrogen) atoms. The summed E-state index contributed by atoms with van der Waals surface area (Å²) in [4.78, 5) is 9.23. The van der Waals surface area contributed by atoms with Crippen molar-refractivity contribution in [2.45, 2.75) is 0 Å². The summed E-state index contributed by atoms with van der Waals surface area (Å²) in [6.07, 6.45) is 0. The van der Waals surface area contributed by atoms with Crippen LogP contribution in [0.2, 0.25) is 0 Å². The van der Waals surface area contributed by atoms with Crippen molar-refractivity contribution >= 4 is 23.9 Å². The Bertz CT molecular complexity index is 839. The second kappa shape index (κ2) is 6.62. The molecule has 120 valence electrons. The monoisotopic (exact) mass is 334 g/mol. The van der Waals surface area contributed by atoms with E-state index in [2.05, 4.69) is 14.9 Å². The zero-order valence-corrected chi connectivity index (χ0v) is 13.5. The van der Waals surface area contributed by atoms with Crippen molar-refractivity contribution in [2.24, 2.45) is 0 Å². The molecule has 7 nitrogen and oxygen atoms in total. The van der Waals surface area contributed by atoms with Crippen LogP contribution in [0.4, 0.5) is 0 Å². The maximum atomic E-state index is 13.1. The molecule has 0 aliphatic rings. The normalized spacial score (nSPS) is 11.9. The van der Waals surface area contributed by atoms with E-state index >= 15 is 0 Å². The first-order chi connectivity index (χ1) is 11.2. The molecular weight excluding hydrogens is 319 g/mol. The van der Waals surface area contributed by atoms with Crippen LogP contribution in [-0.4, -0.2) is 24.0 Å². The van der Waals surface area contributed by atoms with E-state index in [1.165, 1.54) is 18.9 Å². The lowest BCUT2D eigenvalue weighted by Gasteiger charge is -2.16. The maximum absolute atomic E-state index is 13.1. The minimum absolute atomic E-state index is 0.225. The van der Waals surface area contributed by atoms with Crippen LogP contribution in [0.25, 0.3) is 16.6 Å². The molecule has 0 saturated heterocycles. The molecule has 0 fully saturated rings. The Hall–Kier alpha value is -2.02. The van der Waals surface area contributed by atoms with Crippen molar-refractivity contribution in [1.82, 2.24) is 9.78 Å². The van der Waals surface area contributed by atoms with E-state index in [4.69, 9.17) is 9.35 Å². The second-order valence-corrected chi connectivity index (χ2v) is 6.28. The van der Waals surface area contributed by atoms with E-state index in [1.54, 1.807) is 6.07 Å². The van der Waals surface area contributed by atoms with Crippen molar-refractivity contribution in [3.8, 4) is 5.69 Å². The number of hydrogen-bond donors (Lipinski definition) is 0. The van der Waals surface area contributed by atoms with Gasteiger partial charge in [0.05, 0.1) is 25.4 Å². The van der Waals surface area contributed by atoms with E-state index in [9.17, 15) is 4.57 Å². The SMILES string of the molecule is COOP(=O)(OOC)c1c2ccccc2nn1-c1ccccc1. The number of para-hydroxylation sites is 1. The molecule has 1 heterocycles. The van der Waals surface area contributed by atoms with Gasteiger partial charge in [0.2, 0.25) is 0 Å². The van der Waals surface area contributed by atoms with Crippen LogP contribution in [0, 0.1) is 0 Å². The molecule has 3 rings (SSSR count). The Morgan fingerprint density at radius 2 is 1.52 bits per heavy atom. The Morgan fingerprint density at radius 3 is 2.17 bits per heavy atom. The van der Waals surface area contributed by atoms with Gasteiger partial charge >= 0.3 is 7.60 Å². The summed E-state index contributed by atoms with van der Waals surface area (Å²) in [6, 6.07) is 16.5. The van der Waals surface area contributed by atoms with Gasteiger partial charge in [-0.25, -0.2) is 19.0 Å². The first kappa shape index (κ1) is 15.9. The first-order valence-corrected chi connectivity index (χ1v) is 8.32. The third-order valence-corrected chi connectivity index (χ3v) is 4.80. The highest BCUT2D eigenvalue weighted by atomic mass is 31.2. The molecule has 0 aliphatic heterocycles. The number of fused-ring (bicyclic) bond motifs is 1. The number of hydrogen-bond acceptors (Lipinski definition) is 6. The fraction of sp³-hybridized carbons (Fsp3) is 0.133. The van der Waals surface area contributed by atoms with Gasteiger partial charge in [0.25, 0.3) is 0 Å². The highest BCUT2D eigenvalue weighted by Gasteiger charge is 2.37. The van der Waals surface area contributed by atoms with E-state index in [0.717, 1.165) is 0 Å². The van der Waals surface area contributed by atoms with E-state index in [0.29, 0.717) is 16.6 Å². The van der Waals surface area contributed by atoms with Crippen molar-refractivity contribution in [2.75, 3.05) is 14.2 Å². The molecule has 0 unspecified atom stereocenters. The molecule has 1 aromatic heterocycles. The number of nitrogens with zero attached hydrogens (tertiary/aromatic N) is 2. The summed E-state index contributed by atoms with van der Waals surface area (Å²) in [5.74, 6) is 0. The predicted molar refractivity (Wildman–Crippen MR) is 84.5 cm³/mol. The molecule has 0 N–H and O–H groups in total. The molecule has 0 spiro atoms. The average Bonchev–Trinajstić information content (AvgIpc) is 2.96. The van der Waals surface area contributed by atoms with Crippen LogP contribution in [0.1, 0.15) is 0 Å². The molecule has 0 amide bonds. The summed E-state index contributed by atoms with van der Waals surface area (Å²) >= 11 is 0. The smallest absolute Gasteiger partial charge is 0.248 e. The van der Waals surface area contributed by atoms with Crippen LogP contribution < -0.4 is 5.44 Å². The molecule has 0 saturated carbocycles. The largest absolute Gasteiger partial charge is 0.433 e. The summed E-state index contributed by atoms with van der Waals surface area (Å²) < 4.78 is 24.5. The van der Waals surface area contributed by atoms with Gasteiger partial charge in [-0.1, -0.05) is 36.4 Å². The van der Waals surface area contributed by atoms with Gasteiger partial charge in [0.1, 0.15) is 0 Å². The Kier molecular flexibility index (Phi) is 4.56. The predicted octanol–water partition coefficient (Wildman–Crippen LogP) is 3.00. The zero-order valence-electron chi connectivity index (χ0n) is 12.6. The lowest BCUT2D eigenvalue weighted by atomic mass is 10.3. The molecule has 2 aromatic carbocycles. The van der Waals surface area contributed by atoms with E-state index in [1.807, 2.05) is 48.5 Å². The van der Waals surface area contributed by atoms with Crippen LogP contribution in [0.5, 0.6) is 0 Å². The molecule has 3 aromatic rings. The molecule has 0 radical (unpaired) electrons. The van der Waals surface area contributed by atoms with Crippen LogP contribution >= 0.6 is 7.60 Å². The molecule has 8 heteroatoms.